The number of anilines is 1. The van der Waals surface area contributed by atoms with Gasteiger partial charge in [0.2, 0.25) is 0 Å². The van der Waals surface area contributed by atoms with E-state index in [1.807, 2.05) is 24.3 Å². The fourth-order valence-corrected chi connectivity index (χ4v) is 5.52. The molecule has 1 saturated carbocycles. The van der Waals surface area contributed by atoms with Crippen LogP contribution in [0.1, 0.15) is 51.3 Å². The molecule has 1 saturated heterocycles. The van der Waals surface area contributed by atoms with Crippen LogP contribution >= 0.6 is 11.3 Å². The predicted molar refractivity (Wildman–Crippen MR) is 134 cm³/mol. The summed E-state index contributed by atoms with van der Waals surface area (Å²) in [4.78, 5) is 33.0. The summed E-state index contributed by atoms with van der Waals surface area (Å²) < 4.78 is 5.81. The SMILES string of the molecule is O=C1c2cccc(NCc3cnc(-c4ccc(OC5CC5)cc4)s3)c2C(=O)N1C1CCC(O)NC1O. The lowest BCUT2D eigenvalue weighted by Crippen LogP contribution is -2.58. The molecule has 0 spiro atoms. The highest BCUT2D eigenvalue weighted by Crippen LogP contribution is 2.34. The van der Waals surface area contributed by atoms with Crippen molar-refractivity contribution >= 4 is 28.8 Å². The molecule has 2 amide bonds. The van der Waals surface area contributed by atoms with Crippen LogP contribution in [0.4, 0.5) is 5.69 Å². The second-order valence-electron chi connectivity index (χ2n) is 9.31. The van der Waals surface area contributed by atoms with Crippen molar-refractivity contribution in [3.05, 3.63) is 64.7 Å². The zero-order valence-corrected chi connectivity index (χ0v) is 20.2. The van der Waals surface area contributed by atoms with Crippen molar-refractivity contribution in [3.63, 3.8) is 0 Å². The van der Waals surface area contributed by atoms with Gasteiger partial charge in [-0.15, -0.1) is 11.3 Å². The van der Waals surface area contributed by atoms with Crippen LogP contribution in [0.5, 0.6) is 5.75 Å². The van der Waals surface area contributed by atoms with E-state index in [0.29, 0.717) is 42.3 Å². The average molecular weight is 507 g/mol. The van der Waals surface area contributed by atoms with Crippen LogP contribution in [-0.2, 0) is 6.54 Å². The number of benzene rings is 2. The van der Waals surface area contributed by atoms with Crippen molar-refractivity contribution in [2.75, 3.05) is 5.32 Å². The first-order valence-corrected chi connectivity index (χ1v) is 12.9. The number of aliphatic hydroxyl groups is 2. The highest BCUT2D eigenvalue weighted by molar-refractivity contribution is 7.15. The van der Waals surface area contributed by atoms with Crippen molar-refractivity contribution in [1.82, 2.24) is 15.2 Å². The third kappa shape index (κ3) is 4.37. The first kappa shape index (κ1) is 23.1. The fraction of sp³-hybridized carbons (Fsp3) is 0.346. The van der Waals surface area contributed by atoms with Gasteiger partial charge in [-0.25, -0.2) is 4.98 Å². The molecule has 2 fully saturated rings. The van der Waals surface area contributed by atoms with Gasteiger partial charge in [-0.1, -0.05) is 6.07 Å². The Morgan fingerprint density at radius 3 is 2.61 bits per heavy atom. The topological polar surface area (TPSA) is 124 Å². The van der Waals surface area contributed by atoms with Gasteiger partial charge in [0.1, 0.15) is 23.2 Å². The number of hydrogen-bond donors (Lipinski definition) is 4. The maximum absolute atomic E-state index is 13.3. The quantitative estimate of drug-likeness (QED) is 0.361. The van der Waals surface area contributed by atoms with E-state index < -0.39 is 30.3 Å². The molecule has 3 unspecified atom stereocenters. The predicted octanol–water partition coefficient (Wildman–Crippen LogP) is 2.95. The molecule has 6 rings (SSSR count). The number of nitrogens with zero attached hydrogens (tertiary/aromatic N) is 2. The van der Waals surface area contributed by atoms with Gasteiger partial charge in [0.15, 0.2) is 0 Å². The summed E-state index contributed by atoms with van der Waals surface area (Å²) in [6.45, 7) is 0.443. The molecular weight excluding hydrogens is 480 g/mol. The number of carbonyl (C=O) groups is 2. The molecule has 3 heterocycles. The van der Waals surface area contributed by atoms with Gasteiger partial charge >= 0.3 is 0 Å². The number of hydrogen-bond acceptors (Lipinski definition) is 9. The van der Waals surface area contributed by atoms with Gasteiger partial charge in [-0.2, -0.15) is 0 Å². The minimum Gasteiger partial charge on any atom is -0.490 e. The Kier molecular flexibility index (Phi) is 5.96. The second-order valence-corrected chi connectivity index (χ2v) is 10.4. The molecule has 3 aliphatic rings. The number of carbonyl (C=O) groups excluding carboxylic acids is 2. The Balaban J connectivity index is 1.16. The van der Waals surface area contributed by atoms with Crippen molar-refractivity contribution in [3.8, 4) is 16.3 Å². The van der Waals surface area contributed by atoms with Crippen LogP contribution in [0.2, 0.25) is 0 Å². The summed E-state index contributed by atoms with van der Waals surface area (Å²) in [6, 6.07) is 12.3. The molecule has 2 aliphatic heterocycles. The number of nitrogens with one attached hydrogen (secondary N) is 2. The molecular formula is C26H26N4O5S. The largest absolute Gasteiger partial charge is 0.490 e. The smallest absolute Gasteiger partial charge is 0.264 e. The van der Waals surface area contributed by atoms with Crippen LogP contribution in [0.25, 0.3) is 10.6 Å². The summed E-state index contributed by atoms with van der Waals surface area (Å²) in [7, 11) is 0. The molecule has 0 radical (unpaired) electrons. The molecule has 3 atom stereocenters. The van der Waals surface area contributed by atoms with Crippen molar-refractivity contribution < 1.29 is 24.5 Å². The minimum atomic E-state index is -1.18. The van der Waals surface area contributed by atoms with E-state index in [1.54, 1.807) is 35.7 Å². The maximum Gasteiger partial charge on any atom is 0.264 e. The summed E-state index contributed by atoms with van der Waals surface area (Å²) in [5, 5.41) is 26.8. The standard InChI is InChI=1S/C26H26N4O5S/c31-21-11-10-20(23(32)29-21)30-25(33)18-2-1-3-19(22(18)26(30)34)27-12-17-13-28-24(36-17)14-4-6-15(7-5-14)35-16-8-9-16/h1-7,13,16,20-21,23,27,29,31-32H,8-12H2. The molecule has 36 heavy (non-hydrogen) atoms. The zero-order chi connectivity index (χ0) is 24.8. The number of imide groups is 1. The highest BCUT2D eigenvalue weighted by atomic mass is 32.1. The first-order valence-electron chi connectivity index (χ1n) is 12.1. The van der Waals surface area contributed by atoms with Crippen LogP contribution in [-0.4, -0.2) is 56.5 Å². The normalized spacial score (nSPS) is 23.6. The van der Waals surface area contributed by atoms with E-state index in [-0.39, 0.29) is 0 Å². The van der Waals surface area contributed by atoms with Gasteiger partial charge < -0.3 is 20.3 Å². The number of fused-ring (bicyclic) bond motifs is 1. The van der Waals surface area contributed by atoms with Gasteiger partial charge in [-0.05, 0) is 62.1 Å². The van der Waals surface area contributed by atoms with Crippen LogP contribution in [0.3, 0.4) is 0 Å². The van der Waals surface area contributed by atoms with Crippen molar-refractivity contribution in [2.24, 2.45) is 0 Å². The third-order valence-electron chi connectivity index (χ3n) is 6.68. The summed E-state index contributed by atoms with van der Waals surface area (Å²) >= 11 is 1.55. The van der Waals surface area contributed by atoms with Crippen LogP contribution < -0.4 is 15.4 Å². The Labute approximate surface area is 211 Å². The fourth-order valence-electron chi connectivity index (χ4n) is 4.66. The number of amides is 2. The minimum absolute atomic E-state index is 0.303. The Hall–Kier alpha value is -3.31. The van der Waals surface area contributed by atoms with Gasteiger partial charge in [0.05, 0.1) is 29.8 Å². The molecule has 1 aromatic heterocycles. The summed E-state index contributed by atoms with van der Waals surface area (Å²) in [5.74, 6) is -0.00693. The Morgan fingerprint density at radius 2 is 1.86 bits per heavy atom. The summed E-state index contributed by atoms with van der Waals surface area (Å²) in [6.07, 6.45) is 3.02. The molecule has 2 aromatic carbocycles. The monoisotopic (exact) mass is 506 g/mol. The summed E-state index contributed by atoms with van der Waals surface area (Å²) in [5.41, 5.74) is 2.18. The van der Waals surface area contributed by atoms with Crippen molar-refractivity contribution in [1.29, 1.82) is 0 Å². The van der Waals surface area contributed by atoms with Gasteiger partial charge in [0, 0.05) is 22.3 Å². The van der Waals surface area contributed by atoms with E-state index in [0.717, 1.165) is 38.9 Å². The van der Waals surface area contributed by atoms with E-state index in [9.17, 15) is 19.8 Å². The molecule has 1 aliphatic carbocycles. The average Bonchev–Trinajstić information content (AvgIpc) is 3.49. The number of ether oxygens (including phenoxy) is 1. The Morgan fingerprint density at radius 1 is 1.06 bits per heavy atom. The lowest BCUT2D eigenvalue weighted by Gasteiger charge is -2.36. The molecule has 0 bridgehead atoms. The number of rotatable bonds is 7. The first-order chi connectivity index (χ1) is 17.5. The van der Waals surface area contributed by atoms with E-state index in [4.69, 9.17) is 4.74 Å². The van der Waals surface area contributed by atoms with Gasteiger partial charge in [0.25, 0.3) is 11.8 Å². The molecule has 9 nitrogen and oxygen atoms in total. The number of thiazole rings is 1. The number of aliphatic hydroxyl groups excluding tert-OH is 2. The lowest BCUT2D eigenvalue weighted by molar-refractivity contribution is -0.0413. The van der Waals surface area contributed by atoms with Gasteiger partial charge in [-0.3, -0.25) is 19.8 Å². The molecule has 10 heteroatoms. The van der Waals surface area contributed by atoms with E-state index in [1.165, 1.54) is 0 Å². The van der Waals surface area contributed by atoms with Crippen molar-refractivity contribution in [2.45, 2.75) is 56.8 Å². The maximum atomic E-state index is 13.3. The van der Waals surface area contributed by atoms with E-state index >= 15 is 0 Å². The Bertz CT molecular complexity index is 1310. The van der Waals surface area contributed by atoms with Crippen LogP contribution in [0.15, 0.2) is 48.7 Å². The molecule has 3 aromatic rings. The molecule has 4 N–H and O–H groups in total. The number of aromatic nitrogens is 1. The zero-order valence-electron chi connectivity index (χ0n) is 19.4. The molecule has 186 valence electrons. The van der Waals surface area contributed by atoms with E-state index in [2.05, 4.69) is 15.6 Å². The third-order valence-corrected chi connectivity index (χ3v) is 7.72. The number of piperidine rings is 1. The van der Waals surface area contributed by atoms with Crippen LogP contribution in [0, 0.1) is 0 Å². The highest BCUT2D eigenvalue weighted by Gasteiger charge is 2.45. The second kappa shape index (κ2) is 9.29. The lowest BCUT2D eigenvalue weighted by atomic mass is 10.0.